The van der Waals surface area contributed by atoms with Gasteiger partial charge in [0, 0.05) is 24.7 Å². The summed E-state index contributed by atoms with van der Waals surface area (Å²) in [5.74, 6) is 0.0686. The third-order valence-corrected chi connectivity index (χ3v) is 5.62. The maximum atomic E-state index is 12.6. The molecule has 1 aliphatic rings. The lowest BCUT2D eigenvalue weighted by Gasteiger charge is -2.23. The molecule has 2 N–H and O–H groups in total. The summed E-state index contributed by atoms with van der Waals surface area (Å²) >= 11 is 3.54. The summed E-state index contributed by atoms with van der Waals surface area (Å²) in [6.07, 6.45) is 2.03. The van der Waals surface area contributed by atoms with Crippen molar-refractivity contribution in [2.45, 2.75) is 32.7 Å². The summed E-state index contributed by atoms with van der Waals surface area (Å²) in [6.45, 7) is 5.31. The molecule has 0 radical (unpaired) electrons. The van der Waals surface area contributed by atoms with Crippen molar-refractivity contribution in [1.82, 2.24) is 14.7 Å². The molecule has 1 aromatic heterocycles. The minimum atomic E-state index is 0.0686. The van der Waals surface area contributed by atoms with Gasteiger partial charge in [-0.15, -0.1) is 0 Å². The van der Waals surface area contributed by atoms with Crippen LogP contribution in [0.3, 0.4) is 0 Å². The topological polar surface area (TPSA) is 64.2 Å². The molecule has 0 bridgehead atoms. The highest BCUT2D eigenvalue weighted by molar-refractivity contribution is 9.10. The summed E-state index contributed by atoms with van der Waals surface area (Å²) in [5.41, 5.74) is 9.41. The van der Waals surface area contributed by atoms with Crippen molar-refractivity contribution in [2.24, 2.45) is 5.73 Å². The zero-order valence-electron chi connectivity index (χ0n) is 13.4. The third-order valence-electron chi connectivity index (χ3n) is 4.47. The molecule has 0 spiro atoms. The SMILES string of the molecule is Cc1nn(-c2ccc(C(=O)N3CCCC3CN)cc2)c(C)c1Br. The molecule has 5 nitrogen and oxygen atoms in total. The molecule has 1 saturated heterocycles. The standard InChI is InChI=1S/C17H21BrN4O/c1-11-16(18)12(2)22(20-11)14-7-5-13(6-8-14)17(23)21-9-3-4-15(21)10-19/h5-8,15H,3-4,9-10,19H2,1-2H3. The number of nitrogens with zero attached hydrogens (tertiary/aromatic N) is 3. The van der Waals surface area contributed by atoms with Crippen molar-refractivity contribution in [2.75, 3.05) is 13.1 Å². The van der Waals surface area contributed by atoms with Crippen LogP contribution in [0, 0.1) is 13.8 Å². The van der Waals surface area contributed by atoms with E-state index in [2.05, 4.69) is 21.0 Å². The lowest BCUT2D eigenvalue weighted by Crippen LogP contribution is -2.39. The summed E-state index contributed by atoms with van der Waals surface area (Å²) < 4.78 is 2.90. The predicted octanol–water partition coefficient (Wildman–Crippen LogP) is 2.81. The maximum absolute atomic E-state index is 12.6. The van der Waals surface area contributed by atoms with E-state index in [1.54, 1.807) is 0 Å². The second kappa shape index (κ2) is 6.45. The Labute approximate surface area is 144 Å². The van der Waals surface area contributed by atoms with Crippen LogP contribution in [0.2, 0.25) is 0 Å². The Morgan fingerprint density at radius 2 is 2.04 bits per heavy atom. The molecule has 1 amide bonds. The van der Waals surface area contributed by atoms with Gasteiger partial charge in [0.2, 0.25) is 0 Å². The molecule has 0 saturated carbocycles. The van der Waals surface area contributed by atoms with Crippen LogP contribution < -0.4 is 5.73 Å². The molecule has 122 valence electrons. The molecule has 1 aromatic carbocycles. The highest BCUT2D eigenvalue weighted by Gasteiger charge is 2.28. The molecule has 6 heteroatoms. The lowest BCUT2D eigenvalue weighted by atomic mass is 10.1. The minimum Gasteiger partial charge on any atom is -0.334 e. The molecule has 23 heavy (non-hydrogen) atoms. The van der Waals surface area contributed by atoms with E-state index in [0.29, 0.717) is 12.1 Å². The van der Waals surface area contributed by atoms with Crippen LogP contribution in [0.25, 0.3) is 5.69 Å². The Hall–Kier alpha value is -1.66. The van der Waals surface area contributed by atoms with Crippen molar-refractivity contribution >= 4 is 21.8 Å². The Morgan fingerprint density at radius 1 is 1.35 bits per heavy atom. The van der Waals surface area contributed by atoms with E-state index in [9.17, 15) is 4.79 Å². The van der Waals surface area contributed by atoms with E-state index in [0.717, 1.165) is 40.9 Å². The molecule has 0 aliphatic carbocycles. The van der Waals surface area contributed by atoms with Gasteiger partial charge in [-0.1, -0.05) is 0 Å². The van der Waals surface area contributed by atoms with E-state index in [1.807, 2.05) is 47.7 Å². The van der Waals surface area contributed by atoms with E-state index in [4.69, 9.17) is 5.73 Å². The van der Waals surface area contributed by atoms with Crippen LogP contribution in [0.15, 0.2) is 28.7 Å². The number of carbonyl (C=O) groups is 1. The fraction of sp³-hybridized carbons (Fsp3) is 0.412. The molecule has 1 atom stereocenters. The molecule has 1 aliphatic heterocycles. The number of aromatic nitrogens is 2. The highest BCUT2D eigenvalue weighted by atomic mass is 79.9. The van der Waals surface area contributed by atoms with Crippen LogP contribution in [0.1, 0.15) is 34.6 Å². The summed E-state index contributed by atoms with van der Waals surface area (Å²) in [7, 11) is 0. The summed E-state index contributed by atoms with van der Waals surface area (Å²) in [5, 5.41) is 4.52. The van der Waals surface area contributed by atoms with Crippen molar-refractivity contribution < 1.29 is 4.79 Å². The van der Waals surface area contributed by atoms with Crippen molar-refractivity contribution in [3.8, 4) is 5.69 Å². The number of hydrogen-bond donors (Lipinski definition) is 1. The van der Waals surface area contributed by atoms with Gasteiger partial charge in [-0.2, -0.15) is 5.10 Å². The fourth-order valence-electron chi connectivity index (χ4n) is 3.13. The Bertz CT molecular complexity index is 723. The van der Waals surface area contributed by atoms with Gasteiger partial charge in [-0.05, 0) is 66.9 Å². The predicted molar refractivity (Wildman–Crippen MR) is 93.9 cm³/mol. The van der Waals surface area contributed by atoms with Crippen LogP contribution >= 0.6 is 15.9 Å². The Balaban J connectivity index is 1.84. The van der Waals surface area contributed by atoms with Crippen molar-refractivity contribution in [3.05, 3.63) is 45.7 Å². The molecule has 2 aromatic rings. The molecule has 3 rings (SSSR count). The highest BCUT2D eigenvalue weighted by Crippen LogP contribution is 2.24. The Kier molecular flexibility index (Phi) is 4.55. The molecular weight excluding hydrogens is 356 g/mol. The zero-order chi connectivity index (χ0) is 16.6. The van der Waals surface area contributed by atoms with Gasteiger partial charge in [-0.3, -0.25) is 4.79 Å². The van der Waals surface area contributed by atoms with Gasteiger partial charge in [-0.25, -0.2) is 4.68 Å². The second-order valence-electron chi connectivity index (χ2n) is 5.97. The van der Waals surface area contributed by atoms with Crippen LogP contribution in [0.4, 0.5) is 0 Å². The van der Waals surface area contributed by atoms with Gasteiger partial charge in [0.15, 0.2) is 0 Å². The molecule has 1 unspecified atom stereocenters. The Morgan fingerprint density at radius 3 is 2.61 bits per heavy atom. The maximum Gasteiger partial charge on any atom is 0.254 e. The summed E-state index contributed by atoms with van der Waals surface area (Å²) in [4.78, 5) is 14.5. The number of amides is 1. The minimum absolute atomic E-state index is 0.0686. The van der Waals surface area contributed by atoms with Gasteiger partial charge < -0.3 is 10.6 Å². The van der Waals surface area contributed by atoms with E-state index in [1.165, 1.54) is 0 Å². The van der Waals surface area contributed by atoms with E-state index in [-0.39, 0.29) is 11.9 Å². The van der Waals surface area contributed by atoms with Gasteiger partial charge in [0.25, 0.3) is 5.91 Å². The van der Waals surface area contributed by atoms with E-state index < -0.39 is 0 Å². The molecular formula is C17H21BrN4O. The smallest absolute Gasteiger partial charge is 0.254 e. The first kappa shape index (κ1) is 16.2. The lowest BCUT2D eigenvalue weighted by molar-refractivity contribution is 0.0741. The number of rotatable bonds is 3. The first-order valence-electron chi connectivity index (χ1n) is 7.86. The van der Waals surface area contributed by atoms with Crippen LogP contribution in [0.5, 0.6) is 0 Å². The molecule has 2 heterocycles. The van der Waals surface area contributed by atoms with Gasteiger partial charge in [0.05, 0.1) is 21.5 Å². The average molecular weight is 377 g/mol. The van der Waals surface area contributed by atoms with Crippen LogP contribution in [-0.4, -0.2) is 39.7 Å². The third kappa shape index (κ3) is 2.93. The number of halogens is 1. The number of carbonyl (C=O) groups excluding carboxylic acids is 1. The number of nitrogens with two attached hydrogens (primary N) is 1. The first-order chi connectivity index (χ1) is 11.0. The quantitative estimate of drug-likeness (QED) is 0.895. The number of aryl methyl sites for hydroxylation is 1. The van der Waals surface area contributed by atoms with Crippen molar-refractivity contribution in [1.29, 1.82) is 0 Å². The number of hydrogen-bond acceptors (Lipinski definition) is 3. The second-order valence-corrected chi connectivity index (χ2v) is 6.77. The number of likely N-dealkylation sites (tertiary alicyclic amines) is 1. The van der Waals surface area contributed by atoms with Crippen LogP contribution in [-0.2, 0) is 0 Å². The average Bonchev–Trinajstić information content (AvgIpc) is 3.15. The normalized spacial score (nSPS) is 17.7. The van der Waals surface area contributed by atoms with E-state index >= 15 is 0 Å². The van der Waals surface area contributed by atoms with Gasteiger partial charge in [0.1, 0.15) is 0 Å². The fourth-order valence-corrected chi connectivity index (χ4v) is 3.38. The summed E-state index contributed by atoms with van der Waals surface area (Å²) in [6, 6.07) is 7.79. The van der Waals surface area contributed by atoms with Crippen molar-refractivity contribution in [3.63, 3.8) is 0 Å². The largest absolute Gasteiger partial charge is 0.334 e. The van der Waals surface area contributed by atoms with Gasteiger partial charge >= 0.3 is 0 Å². The molecule has 1 fully saturated rings. The number of benzene rings is 1. The first-order valence-corrected chi connectivity index (χ1v) is 8.65. The zero-order valence-corrected chi connectivity index (χ0v) is 15.0. The monoisotopic (exact) mass is 376 g/mol.